The maximum Gasteiger partial charge on any atom is 0.256 e. The van der Waals surface area contributed by atoms with Crippen molar-refractivity contribution in [3.05, 3.63) is 35.8 Å². The molecule has 4 rings (SSSR count). The first kappa shape index (κ1) is 17.4. The molecule has 3 atom stereocenters. The Morgan fingerprint density at radius 3 is 2.62 bits per heavy atom. The molecule has 0 saturated carbocycles. The van der Waals surface area contributed by atoms with Crippen molar-refractivity contribution < 1.29 is 18.0 Å². The standard InChI is InChI=1S/C19H22F3N3O/c1-24-13-3-4-14(24)8-12(7-13)23-19(26)16-9-25(10-18(21)22)17-5-2-11(20)6-15(16)17/h2,5-6,9,12-14,18H,3-4,7-8,10H2,1H3,(H,23,26)/t12-,13+,14-. The second-order valence-corrected chi connectivity index (χ2v) is 7.44. The molecule has 1 amide bonds. The van der Waals surface area contributed by atoms with Gasteiger partial charge in [0.05, 0.1) is 12.1 Å². The van der Waals surface area contributed by atoms with Gasteiger partial charge < -0.3 is 14.8 Å². The van der Waals surface area contributed by atoms with Crippen LogP contribution < -0.4 is 5.32 Å². The van der Waals surface area contributed by atoms with Crippen molar-refractivity contribution >= 4 is 16.8 Å². The lowest BCUT2D eigenvalue weighted by Crippen LogP contribution is -2.48. The number of hydrogen-bond acceptors (Lipinski definition) is 2. The van der Waals surface area contributed by atoms with Gasteiger partial charge in [-0.15, -0.1) is 0 Å². The summed E-state index contributed by atoms with van der Waals surface area (Å²) >= 11 is 0. The van der Waals surface area contributed by atoms with E-state index in [-0.39, 0.29) is 17.5 Å². The van der Waals surface area contributed by atoms with Crippen molar-refractivity contribution in [3.63, 3.8) is 0 Å². The first-order valence-electron chi connectivity index (χ1n) is 9.01. The minimum Gasteiger partial charge on any atom is -0.349 e. The summed E-state index contributed by atoms with van der Waals surface area (Å²) in [5, 5.41) is 3.42. The minimum atomic E-state index is -2.55. The molecule has 140 valence electrons. The van der Waals surface area contributed by atoms with Crippen LogP contribution in [0.5, 0.6) is 0 Å². The van der Waals surface area contributed by atoms with Gasteiger partial charge in [0.15, 0.2) is 0 Å². The molecule has 2 saturated heterocycles. The number of carbonyl (C=O) groups excluding carboxylic acids is 1. The van der Waals surface area contributed by atoms with Crippen molar-refractivity contribution in [2.45, 2.75) is 56.8 Å². The van der Waals surface area contributed by atoms with E-state index in [1.165, 1.54) is 29.0 Å². The third-order valence-corrected chi connectivity index (χ3v) is 5.86. The van der Waals surface area contributed by atoms with E-state index < -0.39 is 18.8 Å². The SMILES string of the molecule is CN1[C@@H]2CC[C@H]1C[C@@H](NC(=O)c1cn(CC(F)F)c3ccc(F)cc13)C2. The number of halogens is 3. The number of nitrogens with one attached hydrogen (secondary N) is 1. The van der Waals surface area contributed by atoms with E-state index >= 15 is 0 Å². The Labute approximate surface area is 150 Å². The molecule has 0 unspecified atom stereocenters. The first-order chi connectivity index (χ1) is 12.4. The quantitative estimate of drug-likeness (QED) is 0.902. The predicted octanol–water partition coefficient (Wildman–Crippen LogP) is 3.40. The maximum atomic E-state index is 13.7. The predicted molar refractivity (Wildman–Crippen MR) is 93.0 cm³/mol. The van der Waals surface area contributed by atoms with Gasteiger partial charge in [-0.25, -0.2) is 13.2 Å². The van der Waals surface area contributed by atoms with Gasteiger partial charge in [-0.05, 0) is 50.9 Å². The van der Waals surface area contributed by atoms with E-state index in [2.05, 4.69) is 17.3 Å². The fourth-order valence-corrected chi connectivity index (χ4v) is 4.54. The summed E-state index contributed by atoms with van der Waals surface area (Å²) in [6, 6.07) is 4.94. The highest BCUT2D eigenvalue weighted by molar-refractivity contribution is 6.07. The summed E-state index contributed by atoms with van der Waals surface area (Å²) in [5.41, 5.74) is 0.701. The second kappa shape index (κ2) is 6.61. The van der Waals surface area contributed by atoms with Gasteiger partial charge in [0.1, 0.15) is 5.82 Å². The fourth-order valence-electron chi connectivity index (χ4n) is 4.54. The Balaban J connectivity index is 1.59. The Bertz CT molecular complexity index is 821. The molecule has 7 heteroatoms. The van der Waals surface area contributed by atoms with Crippen LogP contribution in [-0.4, -0.2) is 47.0 Å². The smallest absolute Gasteiger partial charge is 0.256 e. The summed E-state index contributed by atoms with van der Waals surface area (Å²) in [7, 11) is 2.13. The van der Waals surface area contributed by atoms with Crippen molar-refractivity contribution in [2.24, 2.45) is 0 Å². The van der Waals surface area contributed by atoms with Crippen LogP contribution in [0.4, 0.5) is 13.2 Å². The second-order valence-electron chi connectivity index (χ2n) is 7.44. The molecule has 26 heavy (non-hydrogen) atoms. The molecule has 2 aromatic rings. The lowest BCUT2D eigenvalue weighted by molar-refractivity contribution is 0.0882. The van der Waals surface area contributed by atoms with E-state index in [1.807, 2.05) is 0 Å². The summed E-state index contributed by atoms with van der Waals surface area (Å²) in [6.45, 7) is -0.520. The lowest BCUT2D eigenvalue weighted by Gasteiger charge is -2.36. The van der Waals surface area contributed by atoms with Gasteiger partial charge in [-0.2, -0.15) is 0 Å². The topological polar surface area (TPSA) is 37.3 Å². The molecule has 0 radical (unpaired) electrons. The summed E-state index contributed by atoms with van der Waals surface area (Å²) < 4.78 is 40.7. The zero-order valence-electron chi connectivity index (χ0n) is 14.6. The van der Waals surface area contributed by atoms with Gasteiger partial charge in [0, 0.05) is 35.2 Å². The van der Waals surface area contributed by atoms with Crippen LogP contribution in [0.2, 0.25) is 0 Å². The highest BCUT2D eigenvalue weighted by atomic mass is 19.3. The van der Waals surface area contributed by atoms with Gasteiger partial charge in [0.25, 0.3) is 12.3 Å². The average Bonchev–Trinajstić information content (AvgIpc) is 3.00. The Hall–Kier alpha value is -2.02. The number of fused-ring (bicyclic) bond motifs is 3. The van der Waals surface area contributed by atoms with Crippen LogP contribution >= 0.6 is 0 Å². The zero-order valence-corrected chi connectivity index (χ0v) is 14.6. The first-order valence-corrected chi connectivity index (χ1v) is 9.01. The monoisotopic (exact) mass is 365 g/mol. The summed E-state index contributed by atoms with van der Waals surface area (Å²) in [6.07, 6.45) is 2.94. The molecule has 1 N–H and O–H groups in total. The number of aromatic nitrogens is 1. The van der Waals surface area contributed by atoms with E-state index in [0.717, 1.165) is 25.7 Å². The summed E-state index contributed by atoms with van der Waals surface area (Å²) in [5.74, 6) is -0.804. The third-order valence-electron chi connectivity index (χ3n) is 5.86. The highest BCUT2D eigenvalue weighted by Crippen LogP contribution is 2.34. The number of alkyl halides is 2. The van der Waals surface area contributed by atoms with Gasteiger partial charge in [-0.3, -0.25) is 4.79 Å². The molecule has 4 nitrogen and oxygen atoms in total. The number of carbonyl (C=O) groups is 1. The van der Waals surface area contributed by atoms with E-state index in [1.54, 1.807) is 0 Å². The number of rotatable bonds is 4. The van der Waals surface area contributed by atoms with Gasteiger partial charge in [-0.1, -0.05) is 0 Å². The number of benzene rings is 1. The Morgan fingerprint density at radius 1 is 1.27 bits per heavy atom. The van der Waals surface area contributed by atoms with E-state index in [4.69, 9.17) is 0 Å². The molecule has 3 heterocycles. The van der Waals surface area contributed by atoms with Gasteiger partial charge in [0.2, 0.25) is 0 Å². The maximum absolute atomic E-state index is 13.7. The third kappa shape index (κ3) is 3.09. The van der Waals surface area contributed by atoms with Crippen LogP contribution in [0.1, 0.15) is 36.0 Å². The minimum absolute atomic E-state index is 0.0678. The molecular formula is C19H22F3N3O. The molecule has 2 aliphatic heterocycles. The van der Waals surface area contributed by atoms with E-state index in [0.29, 0.717) is 23.0 Å². The lowest BCUT2D eigenvalue weighted by atomic mass is 9.97. The molecule has 1 aromatic heterocycles. The van der Waals surface area contributed by atoms with Crippen molar-refractivity contribution in [2.75, 3.05) is 7.05 Å². The Kier molecular flexibility index (Phi) is 4.42. The molecule has 2 aliphatic rings. The number of piperidine rings is 1. The van der Waals surface area contributed by atoms with E-state index in [9.17, 15) is 18.0 Å². The number of amides is 1. The van der Waals surface area contributed by atoms with Crippen LogP contribution in [0.3, 0.4) is 0 Å². The van der Waals surface area contributed by atoms with Gasteiger partial charge >= 0.3 is 0 Å². The fraction of sp³-hybridized carbons (Fsp3) is 0.526. The van der Waals surface area contributed by atoms with Crippen molar-refractivity contribution in [3.8, 4) is 0 Å². The molecular weight excluding hydrogens is 343 g/mol. The van der Waals surface area contributed by atoms with Crippen LogP contribution in [0, 0.1) is 5.82 Å². The molecule has 2 fully saturated rings. The number of nitrogens with zero attached hydrogens (tertiary/aromatic N) is 2. The van der Waals surface area contributed by atoms with Crippen LogP contribution in [0.25, 0.3) is 10.9 Å². The normalized spacial score (nSPS) is 26.0. The molecule has 2 bridgehead atoms. The summed E-state index contributed by atoms with van der Waals surface area (Å²) in [4.78, 5) is 15.2. The molecule has 0 aliphatic carbocycles. The molecule has 1 aromatic carbocycles. The van der Waals surface area contributed by atoms with Crippen molar-refractivity contribution in [1.82, 2.24) is 14.8 Å². The van der Waals surface area contributed by atoms with Crippen LogP contribution in [0.15, 0.2) is 24.4 Å². The largest absolute Gasteiger partial charge is 0.349 e. The zero-order chi connectivity index (χ0) is 18.4. The molecule has 0 spiro atoms. The highest BCUT2D eigenvalue weighted by Gasteiger charge is 2.39. The van der Waals surface area contributed by atoms with Crippen molar-refractivity contribution in [1.29, 1.82) is 0 Å². The average molecular weight is 365 g/mol. The Morgan fingerprint density at radius 2 is 1.96 bits per heavy atom. The van der Waals surface area contributed by atoms with Crippen LogP contribution in [-0.2, 0) is 6.54 Å². The number of hydrogen-bond donors (Lipinski definition) is 1.